The van der Waals surface area contributed by atoms with Crippen molar-refractivity contribution in [3.8, 4) is 0 Å². The molecule has 2 aliphatic carbocycles. The lowest BCUT2D eigenvalue weighted by Gasteiger charge is -2.11. The molecule has 0 saturated heterocycles. The molecule has 0 heterocycles. The summed E-state index contributed by atoms with van der Waals surface area (Å²) in [6.45, 7) is 0. The third kappa shape index (κ3) is 2.29. The van der Waals surface area contributed by atoms with Gasteiger partial charge in [-0.05, 0) is 28.3 Å². The van der Waals surface area contributed by atoms with Gasteiger partial charge in [-0.25, -0.2) is 8.78 Å². The van der Waals surface area contributed by atoms with Gasteiger partial charge in [0.1, 0.15) is 0 Å². The number of hydrogen-bond donors (Lipinski definition) is 0. The highest BCUT2D eigenvalue weighted by Gasteiger charge is 2.71. The fourth-order valence-electron chi connectivity index (χ4n) is 2.73. The molecule has 2 aliphatic rings. The fraction of sp³-hybridized carbons (Fsp3) is 0.818. The van der Waals surface area contributed by atoms with E-state index in [0.29, 0.717) is 12.8 Å². The molecule has 0 radical (unpaired) electrons. The molecule has 0 bridgehead atoms. The Morgan fingerprint density at radius 1 is 1.38 bits per heavy atom. The molecule has 0 aromatic carbocycles. The summed E-state index contributed by atoms with van der Waals surface area (Å²) in [5, 5.41) is 1.25. The monoisotopic (exact) mass is 250 g/mol. The Kier molecular flexibility index (Phi) is 2.64. The lowest BCUT2D eigenvalue weighted by Crippen LogP contribution is -2.15. The molecular weight excluding hydrogens is 234 g/mol. The van der Waals surface area contributed by atoms with E-state index in [1.165, 1.54) is 17.9 Å². The Labute approximate surface area is 94.4 Å². The highest BCUT2D eigenvalue weighted by atomic mass is 32.2. The smallest absolute Gasteiger partial charge is 0.254 e. The van der Waals surface area contributed by atoms with E-state index >= 15 is 0 Å². The van der Waals surface area contributed by atoms with Gasteiger partial charge < -0.3 is 0 Å². The maximum absolute atomic E-state index is 12.9. The molecule has 0 aromatic rings. The minimum absolute atomic E-state index is 0.0696. The van der Waals surface area contributed by atoms with E-state index in [1.807, 2.05) is 0 Å². The molecule has 5 heteroatoms. The van der Waals surface area contributed by atoms with Crippen molar-refractivity contribution in [2.24, 2.45) is 17.8 Å². The summed E-state index contributed by atoms with van der Waals surface area (Å²) < 4.78 is 37.1. The Bertz CT molecular complexity index is 413. The van der Waals surface area contributed by atoms with Crippen LogP contribution in [0.25, 0.3) is 0 Å². The number of Topliss-reactive ketones (excluding diaryl/α,β-unsaturated/α-hetero) is 1. The molecule has 0 spiro atoms. The van der Waals surface area contributed by atoms with Crippen LogP contribution in [0.4, 0.5) is 8.78 Å². The molecule has 92 valence electrons. The zero-order valence-electron chi connectivity index (χ0n) is 9.41. The first kappa shape index (κ1) is 12.0. The molecule has 2 rings (SSSR count). The standard InChI is InChI=1S/C11H16F2O2S/c1-16(2,15)6-8(14)3-7-4-9-10(5-7)11(9,12)13/h6-7,9-10H,3-5H2,1-2H3. The Morgan fingerprint density at radius 3 is 2.31 bits per heavy atom. The van der Waals surface area contributed by atoms with E-state index in [1.54, 1.807) is 0 Å². The molecule has 0 aliphatic heterocycles. The number of alkyl halides is 2. The second-order valence-corrected chi connectivity index (χ2v) is 8.18. The summed E-state index contributed by atoms with van der Waals surface area (Å²) in [6.07, 6.45) is 4.19. The van der Waals surface area contributed by atoms with Gasteiger partial charge in [-0.2, -0.15) is 0 Å². The van der Waals surface area contributed by atoms with Gasteiger partial charge in [-0.1, -0.05) is 0 Å². The van der Waals surface area contributed by atoms with Crippen LogP contribution in [0.3, 0.4) is 0 Å². The number of fused-ring (bicyclic) bond motifs is 1. The molecule has 2 unspecified atom stereocenters. The first-order valence-electron chi connectivity index (χ1n) is 5.40. The highest BCUT2D eigenvalue weighted by Crippen LogP contribution is 2.66. The zero-order valence-corrected chi connectivity index (χ0v) is 10.2. The van der Waals surface area contributed by atoms with E-state index in [2.05, 4.69) is 0 Å². The van der Waals surface area contributed by atoms with Crippen LogP contribution in [0, 0.1) is 17.8 Å². The van der Waals surface area contributed by atoms with Gasteiger partial charge in [-0.3, -0.25) is 9.00 Å². The van der Waals surface area contributed by atoms with Crippen molar-refractivity contribution < 1.29 is 17.8 Å². The third-order valence-electron chi connectivity index (χ3n) is 3.44. The summed E-state index contributed by atoms with van der Waals surface area (Å²) in [6, 6.07) is 0. The lowest BCUT2D eigenvalue weighted by atomic mass is 9.97. The SMILES string of the molecule is CS(C)(=O)=CC(=O)CC1CC2C(C1)C2(F)F. The van der Waals surface area contributed by atoms with Gasteiger partial charge in [0.2, 0.25) is 0 Å². The molecule has 16 heavy (non-hydrogen) atoms. The van der Waals surface area contributed by atoms with Crippen molar-refractivity contribution in [2.75, 3.05) is 12.5 Å². The normalized spacial score (nSPS) is 35.6. The predicted octanol–water partition coefficient (Wildman–Crippen LogP) is 1.58. The van der Waals surface area contributed by atoms with Crippen molar-refractivity contribution in [1.29, 1.82) is 0 Å². The van der Waals surface area contributed by atoms with Gasteiger partial charge in [0.05, 0.1) is 0 Å². The fourth-order valence-corrected chi connectivity index (χ4v) is 3.46. The topological polar surface area (TPSA) is 34.1 Å². The molecule has 0 aromatic heterocycles. The minimum atomic E-state index is -2.47. The summed E-state index contributed by atoms with van der Waals surface area (Å²) >= 11 is 0. The predicted molar refractivity (Wildman–Crippen MR) is 60.3 cm³/mol. The lowest BCUT2D eigenvalue weighted by molar-refractivity contribution is -0.113. The quantitative estimate of drug-likeness (QED) is 0.713. The number of rotatable bonds is 3. The Balaban J connectivity index is 1.87. The number of carbonyl (C=O) groups is 1. The van der Waals surface area contributed by atoms with Crippen molar-refractivity contribution in [3.63, 3.8) is 0 Å². The second kappa shape index (κ2) is 3.52. The molecule has 2 fully saturated rings. The average molecular weight is 250 g/mol. The van der Waals surface area contributed by atoms with E-state index in [-0.39, 0.29) is 18.1 Å². The first-order chi connectivity index (χ1) is 7.20. The molecule has 0 amide bonds. The largest absolute Gasteiger partial charge is 0.294 e. The molecule has 2 nitrogen and oxygen atoms in total. The Hall–Kier alpha value is -0.450. The van der Waals surface area contributed by atoms with Crippen LogP contribution in [-0.4, -0.2) is 33.8 Å². The van der Waals surface area contributed by atoms with Crippen molar-refractivity contribution in [3.05, 3.63) is 0 Å². The molecule has 2 atom stereocenters. The number of halogens is 2. The van der Waals surface area contributed by atoms with E-state index < -0.39 is 27.3 Å². The van der Waals surface area contributed by atoms with Crippen LogP contribution in [-0.2, 0) is 14.3 Å². The number of hydrogen-bond acceptors (Lipinski definition) is 2. The van der Waals surface area contributed by atoms with Crippen LogP contribution in [0.5, 0.6) is 0 Å². The first-order valence-corrected chi connectivity index (χ1v) is 7.83. The van der Waals surface area contributed by atoms with Gasteiger partial charge in [0.25, 0.3) is 5.92 Å². The summed E-state index contributed by atoms with van der Waals surface area (Å²) in [4.78, 5) is 11.5. The summed E-state index contributed by atoms with van der Waals surface area (Å²) in [7, 11) is -2.16. The van der Waals surface area contributed by atoms with Crippen molar-refractivity contribution in [2.45, 2.75) is 25.2 Å². The maximum Gasteiger partial charge on any atom is 0.254 e. The van der Waals surface area contributed by atoms with Crippen LogP contribution < -0.4 is 0 Å². The van der Waals surface area contributed by atoms with E-state index in [9.17, 15) is 17.8 Å². The zero-order chi connectivity index (χ0) is 12.1. The molecular formula is C11H16F2O2S. The average Bonchev–Trinajstić information content (AvgIpc) is 2.45. The summed E-state index contributed by atoms with van der Waals surface area (Å²) in [5.74, 6) is -3.53. The van der Waals surface area contributed by atoms with Crippen LogP contribution in [0.15, 0.2) is 0 Å². The van der Waals surface area contributed by atoms with Gasteiger partial charge in [0, 0.05) is 36.1 Å². The van der Waals surface area contributed by atoms with Crippen LogP contribution in [0.1, 0.15) is 19.3 Å². The van der Waals surface area contributed by atoms with Gasteiger partial charge in [0.15, 0.2) is 5.78 Å². The van der Waals surface area contributed by atoms with E-state index in [0.717, 1.165) is 0 Å². The van der Waals surface area contributed by atoms with Crippen molar-refractivity contribution in [1.82, 2.24) is 0 Å². The molecule has 0 N–H and O–H groups in total. The number of ketones is 1. The van der Waals surface area contributed by atoms with Crippen molar-refractivity contribution >= 4 is 20.7 Å². The summed E-state index contributed by atoms with van der Waals surface area (Å²) in [5.41, 5.74) is 0. The van der Waals surface area contributed by atoms with Gasteiger partial charge >= 0.3 is 0 Å². The highest BCUT2D eigenvalue weighted by molar-refractivity contribution is 8.01. The number of carbonyl (C=O) groups excluding carboxylic acids is 1. The van der Waals surface area contributed by atoms with Gasteiger partial charge in [-0.15, -0.1) is 0 Å². The van der Waals surface area contributed by atoms with E-state index in [4.69, 9.17) is 0 Å². The Morgan fingerprint density at radius 2 is 1.88 bits per heavy atom. The van der Waals surface area contributed by atoms with Crippen LogP contribution >= 0.6 is 0 Å². The van der Waals surface area contributed by atoms with Crippen LogP contribution in [0.2, 0.25) is 0 Å². The second-order valence-electron chi connectivity index (χ2n) is 5.32. The molecule has 2 saturated carbocycles. The maximum atomic E-state index is 12.9. The third-order valence-corrected chi connectivity index (χ3v) is 4.28. The minimum Gasteiger partial charge on any atom is -0.294 e.